The van der Waals surface area contributed by atoms with Crippen molar-refractivity contribution in [2.75, 3.05) is 19.6 Å². The van der Waals surface area contributed by atoms with Gasteiger partial charge in [0.25, 0.3) is 0 Å². The highest BCUT2D eigenvalue weighted by molar-refractivity contribution is 5.80. The molecule has 1 rings (SSSR count). The molecule has 2 unspecified atom stereocenters. The molecule has 1 aromatic rings. The topological polar surface area (TPSA) is 58.4 Å². The van der Waals surface area contributed by atoms with Crippen molar-refractivity contribution in [2.45, 2.75) is 39.3 Å². The zero-order valence-electron chi connectivity index (χ0n) is 12.8. The molecule has 0 fully saturated rings. The van der Waals surface area contributed by atoms with E-state index in [1.807, 2.05) is 6.07 Å². The molecule has 0 aliphatic heterocycles. The van der Waals surface area contributed by atoms with Gasteiger partial charge in [-0.25, -0.2) is 0 Å². The maximum Gasteiger partial charge on any atom is 0.236 e. The molecule has 0 saturated heterocycles. The second kappa shape index (κ2) is 8.72. The fourth-order valence-corrected chi connectivity index (χ4v) is 2.34. The van der Waals surface area contributed by atoms with Crippen molar-refractivity contribution in [2.24, 2.45) is 5.73 Å². The number of hydrogen-bond donors (Lipinski definition) is 2. The van der Waals surface area contributed by atoms with Crippen LogP contribution in [0.2, 0.25) is 0 Å². The molecule has 2 atom stereocenters. The third-order valence-electron chi connectivity index (χ3n) is 3.57. The third-order valence-corrected chi connectivity index (χ3v) is 3.57. The first-order valence-corrected chi connectivity index (χ1v) is 7.39. The largest absolute Gasteiger partial charge is 0.353 e. The standard InChI is InChI=1S/C16H27N3O/c1-4-19(5-2)15(12-18-16(20)13(3)17)11-14-9-7-6-8-10-14/h6-10,13,15H,4-5,11-12,17H2,1-3H3,(H,18,20). The van der Waals surface area contributed by atoms with Gasteiger partial charge in [-0.15, -0.1) is 0 Å². The Morgan fingerprint density at radius 1 is 1.25 bits per heavy atom. The summed E-state index contributed by atoms with van der Waals surface area (Å²) >= 11 is 0. The van der Waals surface area contributed by atoms with E-state index in [1.54, 1.807) is 6.92 Å². The Kier molecular flexibility index (Phi) is 7.26. The predicted molar refractivity (Wildman–Crippen MR) is 83.5 cm³/mol. The minimum Gasteiger partial charge on any atom is -0.353 e. The molecular formula is C16H27N3O. The van der Waals surface area contributed by atoms with Crippen LogP contribution < -0.4 is 11.1 Å². The summed E-state index contributed by atoms with van der Waals surface area (Å²) in [6.45, 7) is 8.59. The fourth-order valence-electron chi connectivity index (χ4n) is 2.34. The lowest BCUT2D eigenvalue weighted by Crippen LogP contribution is -2.48. The SMILES string of the molecule is CCN(CC)C(CNC(=O)C(C)N)Cc1ccccc1. The van der Waals surface area contributed by atoms with Crippen LogP contribution >= 0.6 is 0 Å². The van der Waals surface area contributed by atoms with Crippen LogP contribution in [0.15, 0.2) is 30.3 Å². The molecule has 20 heavy (non-hydrogen) atoms. The molecule has 1 amide bonds. The molecule has 112 valence electrons. The van der Waals surface area contributed by atoms with Crippen LogP contribution in [0.5, 0.6) is 0 Å². The molecule has 0 bridgehead atoms. The number of hydrogen-bond acceptors (Lipinski definition) is 3. The first-order valence-electron chi connectivity index (χ1n) is 7.39. The summed E-state index contributed by atoms with van der Waals surface area (Å²) in [7, 11) is 0. The number of rotatable bonds is 8. The van der Waals surface area contributed by atoms with Crippen LogP contribution in [0.25, 0.3) is 0 Å². The third kappa shape index (κ3) is 5.31. The quantitative estimate of drug-likeness (QED) is 0.755. The van der Waals surface area contributed by atoms with Gasteiger partial charge in [-0.2, -0.15) is 0 Å². The summed E-state index contributed by atoms with van der Waals surface area (Å²) in [5.74, 6) is -0.0878. The molecule has 4 nitrogen and oxygen atoms in total. The van der Waals surface area contributed by atoms with Gasteiger partial charge in [0.05, 0.1) is 6.04 Å². The summed E-state index contributed by atoms with van der Waals surface area (Å²) in [6, 6.07) is 10.2. The second-order valence-electron chi connectivity index (χ2n) is 5.10. The summed E-state index contributed by atoms with van der Waals surface area (Å²) in [5.41, 5.74) is 6.88. The lowest BCUT2D eigenvalue weighted by molar-refractivity contribution is -0.122. The number of carbonyl (C=O) groups excluding carboxylic acids is 1. The average Bonchev–Trinajstić information content (AvgIpc) is 2.46. The lowest BCUT2D eigenvalue weighted by atomic mass is 10.0. The van der Waals surface area contributed by atoms with Gasteiger partial charge in [-0.3, -0.25) is 9.69 Å². The van der Waals surface area contributed by atoms with E-state index in [9.17, 15) is 4.79 Å². The van der Waals surface area contributed by atoms with E-state index >= 15 is 0 Å². The molecule has 0 saturated carbocycles. The van der Waals surface area contributed by atoms with Gasteiger partial charge in [0.15, 0.2) is 0 Å². The number of benzene rings is 1. The van der Waals surface area contributed by atoms with Gasteiger partial charge >= 0.3 is 0 Å². The van der Waals surface area contributed by atoms with E-state index < -0.39 is 6.04 Å². The van der Waals surface area contributed by atoms with E-state index in [2.05, 4.69) is 48.3 Å². The molecule has 0 aliphatic rings. The monoisotopic (exact) mass is 277 g/mol. The smallest absolute Gasteiger partial charge is 0.236 e. The van der Waals surface area contributed by atoms with Gasteiger partial charge in [0.1, 0.15) is 0 Å². The zero-order chi connectivity index (χ0) is 15.0. The first kappa shape index (κ1) is 16.7. The van der Waals surface area contributed by atoms with Crippen molar-refractivity contribution >= 4 is 5.91 Å². The van der Waals surface area contributed by atoms with Gasteiger partial charge in [0, 0.05) is 12.6 Å². The zero-order valence-corrected chi connectivity index (χ0v) is 12.8. The van der Waals surface area contributed by atoms with E-state index in [0.29, 0.717) is 12.6 Å². The van der Waals surface area contributed by atoms with Gasteiger partial charge in [-0.05, 0) is 32.0 Å². The van der Waals surface area contributed by atoms with Crippen LogP contribution in [-0.2, 0) is 11.2 Å². The maximum absolute atomic E-state index is 11.6. The molecular weight excluding hydrogens is 250 g/mol. The molecule has 0 aromatic heterocycles. The number of likely N-dealkylation sites (N-methyl/N-ethyl adjacent to an activating group) is 1. The minimum atomic E-state index is -0.455. The van der Waals surface area contributed by atoms with Crippen LogP contribution in [-0.4, -0.2) is 42.5 Å². The molecule has 3 N–H and O–H groups in total. The van der Waals surface area contributed by atoms with E-state index in [4.69, 9.17) is 5.73 Å². The average molecular weight is 277 g/mol. The molecule has 0 spiro atoms. The number of nitrogens with zero attached hydrogens (tertiary/aromatic N) is 1. The number of nitrogens with one attached hydrogen (secondary N) is 1. The predicted octanol–water partition coefficient (Wildman–Crippen LogP) is 1.40. The van der Waals surface area contributed by atoms with E-state index in [-0.39, 0.29) is 5.91 Å². The van der Waals surface area contributed by atoms with Crippen LogP contribution in [0, 0.1) is 0 Å². The van der Waals surface area contributed by atoms with Crippen molar-refractivity contribution in [1.29, 1.82) is 0 Å². The Balaban J connectivity index is 2.67. The van der Waals surface area contributed by atoms with Gasteiger partial charge < -0.3 is 11.1 Å². The lowest BCUT2D eigenvalue weighted by Gasteiger charge is -2.30. The Morgan fingerprint density at radius 2 is 1.85 bits per heavy atom. The van der Waals surface area contributed by atoms with Crippen LogP contribution in [0.1, 0.15) is 26.3 Å². The van der Waals surface area contributed by atoms with E-state index in [0.717, 1.165) is 19.5 Å². The second-order valence-corrected chi connectivity index (χ2v) is 5.10. The van der Waals surface area contributed by atoms with Crippen molar-refractivity contribution in [3.05, 3.63) is 35.9 Å². The van der Waals surface area contributed by atoms with Crippen molar-refractivity contribution in [3.8, 4) is 0 Å². The molecule has 0 radical (unpaired) electrons. The number of nitrogens with two attached hydrogens (primary N) is 1. The Bertz CT molecular complexity index is 388. The van der Waals surface area contributed by atoms with Crippen molar-refractivity contribution in [3.63, 3.8) is 0 Å². The highest BCUT2D eigenvalue weighted by Crippen LogP contribution is 2.08. The highest BCUT2D eigenvalue weighted by atomic mass is 16.2. The van der Waals surface area contributed by atoms with Gasteiger partial charge in [0.2, 0.25) is 5.91 Å². The van der Waals surface area contributed by atoms with Crippen molar-refractivity contribution < 1.29 is 4.79 Å². The van der Waals surface area contributed by atoms with Crippen LogP contribution in [0.3, 0.4) is 0 Å². The highest BCUT2D eigenvalue weighted by Gasteiger charge is 2.18. The maximum atomic E-state index is 11.6. The molecule has 1 aromatic carbocycles. The minimum absolute atomic E-state index is 0.0878. The Morgan fingerprint density at radius 3 is 2.35 bits per heavy atom. The number of carbonyl (C=O) groups is 1. The number of amides is 1. The Hall–Kier alpha value is -1.39. The summed E-state index contributed by atoms with van der Waals surface area (Å²) in [4.78, 5) is 14.0. The summed E-state index contributed by atoms with van der Waals surface area (Å²) in [6.07, 6.45) is 0.932. The van der Waals surface area contributed by atoms with Crippen molar-refractivity contribution in [1.82, 2.24) is 10.2 Å². The summed E-state index contributed by atoms with van der Waals surface area (Å²) < 4.78 is 0. The fraction of sp³-hybridized carbons (Fsp3) is 0.562. The van der Waals surface area contributed by atoms with E-state index in [1.165, 1.54) is 5.56 Å². The van der Waals surface area contributed by atoms with Gasteiger partial charge in [-0.1, -0.05) is 44.2 Å². The molecule has 0 heterocycles. The molecule has 4 heteroatoms. The molecule has 0 aliphatic carbocycles. The first-order chi connectivity index (χ1) is 9.58. The van der Waals surface area contributed by atoms with Crippen LogP contribution in [0.4, 0.5) is 0 Å². The summed E-state index contributed by atoms with van der Waals surface area (Å²) in [5, 5.41) is 2.95. The Labute approximate surface area is 122 Å². The normalized spacial score (nSPS) is 14.1.